The van der Waals surface area contributed by atoms with Gasteiger partial charge < -0.3 is 19.8 Å². The Kier molecular flexibility index (Phi) is 10.3. The van der Waals surface area contributed by atoms with E-state index in [-0.39, 0.29) is 42.1 Å². The van der Waals surface area contributed by atoms with Crippen LogP contribution in [-0.4, -0.2) is 11.9 Å². The van der Waals surface area contributed by atoms with E-state index in [0.717, 1.165) is 64.2 Å². The van der Waals surface area contributed by atoms with Crippen molar-refractivity contribution in [1.29, 1.82) is 0 Å². The molecule has 0 aromatic heterocycles. The fourth-order valence-corrected chi connectivity index (χ4v) is 10.2. The minimum atomic E-state index is -0.856. The van der Waals surface area contributed by atoms with Crippen LogP contribution in [0.3, 0.4) is 0 Å². The van der Waals surface area contributed by atoms with Crippen molar-refractivity contribution in [1.82, 2.24) is 0 Å². The van der Waals surface area contributed by atoms with Crippen molar-refractivity contribution in [3.63, 3.8) is 0 Å². The van der Waals surface area contributed by atoms with Gasteiger partial charge in [-0.2, -0.15) is 0 Å². The van der Waals surface area contributed by atoms with E-state index in [1.165, 1.54) is 33.4 Å². The maximum Gasteiger partial charge on any atom is 2.00 e. The number of aliphatic carboxylic acids is 2. The molecule has 0 amide bonds. The van der Waals surface area contributed by atoms with Gasteiger partial charge in [0.05, 0.1) is 0 Å². The summed E-state index contributed by atoms with van der Waals surface area (Å²) >= 11 is 0. The van der Waals surface area contributed by atoms with Gasteiger partial charge in [-0.15, -0.1) is 0 Å². The zero-order chi connectivity index (χ0) is 32.2. The van der Waals surface area contributed by atoms with E-state index in [1.807, 2.05) is 13.8 Å². The third-order valence-electron chi connectivity index (χ3n) is 13.0. The Morgan fingerprint density at radius 3 is 1.31 bits per heavy atom. The first-order valence-corrected chi connectivity index (χ1v) is 17.3. The van der Waals surface area contributed by atoms with Crippen LogP contribution in [0.25, 0.3) is 0 Å². The van der Waals surface area contributed by atoms with Gasteiger partial charge in [-0.1, -0.05) is 105 Å². The Bertz CT molecular complexity index is 1320. The predicted octanol–water partition coefficient (Wildman–Crippen LogP) is 7.14. The van der Waals surface area contributed by atoms with Crippen LogP contribution in [0.2, 0.25) is 0 Å². The zero-order valence-electron chi connectivity index (χ0n) is 29.2. The number of aryl methyl sites for hydroxylation is 2. The molecule has 0 bridgehead atoms. The molecule has 0 radical (unpaired) electrons. The van der Waals surface area contributed by atoms with Crippen LogP contribution in [0.4, 0.5) is 0 Å². The molecule has 6 atom stereocenters. The smallest absolute Gasteiger partial charge is 0.550 e. The molecule has 0 heterocycles. The molecule has 0 unspecified atom stereocenters. The summed E-state index contributed by atoms with van der Waals surface area (Å²) in [5, 5.41) is 23.6. The summed E-state index contributed by atoms with van der Waals surface area (Å²) in [7, 11) is 0. The summed E-state index contributed by atoms with van der Waals surface area (Å²) < 4.78 is 0. The molecule has 2 fully saturated rings. The molecule has 4 aliphatic carbocycles. The summed E-state index contributed by atoms with van der Waals surface area (Å²) in [4.78, 5) is 23.6. The quantitative estimate of drug-likeness (QED) is 0.326. The number of carboxylic acid groups (broad SMARTS) is 2. The van der Waals surface area contributed by atoms with Crippen molar-refractivity contribution in [2.75, 3.05) is 0 Å². The van der Waals surface area contributed by atoms with Crippen molar-refractivity contribution in [2.24, 2.45) is 22.7 Å². The van der Waals surface area contributed by atoms with Crippen molar-refractivity contribution in [3.05, 3.63) is 69.8 Å². The number of carboxylic acids is 2. The number of rotatable bonds is 4. The first-order valence-electron chi connectivity index (χ1n) is 17.3. The van der Waals surface area contributed by atoms with Crippen LogP contribution >= 0.6 is 0 Å². The minimum absolute atomic E-state index is 0. The van der Waals surface area contributed by atoms with Gasteiger partial charge in [0.2, 0.25) is 0 Å². The maximum atomic E-state index is 11.8. The van der Waals surface area contributed by atoms with E-state index in [9.17, 15) is 19.8 Å². The Labute approximate surface area is 284 Å². The van der Waals surface area contributed by atoms with Gasteiger partial charge in [-0.3, -0.25) is 0 Å². The van der Waals surface area contributed by atoms with E-state index in [4.69, 9.17) is 0 Å². The molecule has 6 rings (SSSR count). The second-order valence-electron chi connectivity index (χ2n) is 16.3. The molecule has 0 saturated heterocycles. The molecule has 4 aliphatic rings. The summed E-state index contributed by atoms with van der Waals surface area (Å²) in [6.45, 7) is 17.3. The minimum Gasteiger partial charge on any atom is -0.550 e. The Morgan fingerprint density at radius 2 is 1.00 bits per heavy atom. The van der Waals surface area contributed by atoms with E-state index in [1.54, 1.807) is 0 Å². The molecular weight excluding hydrogens is 610 g/mol. The Hall–Kier alpha value is -2.00. The summed E-state index contributed by atoms with van der Waals surface area (Å²) in [5.41, 5.74) is 7.04. The summed E-state index contributed by atoms with van der Waals surface area (Å²) in [5.74, 6) is -0.255. The predicted molar refractivity (Wildman–Crippen MR) is 173 cm³/mol. The van der Waals surface area contributed by atoms with Crippen LogP contribution in [-0.2, 0) is 52.7 Å². The first kappa shape index (κ1) is 35.9. The van der Waals surface area contributed by atoms with Crippen LogP contribution in [0.15, 0.2) is 36.4 Å². The van der Waals surface area contributed by atoms with Crippen molar-refractivity contribution < 1.29 is 39.3 Å². The second kappa shape index (κ2) is 12.9. The number of benzene rings is 2. The Balaban J connectivity index is 0.000000200. The van der Waals surface area contributed by atoms with Gasteiger partial charge in [-0.25, -0.2) is 0 Å². The SMILES string of the molecule is CC(C)c1ccc2c(c1)CC[C@H]1[C@@](C)(C(=O)[O-])CCC[C@]21C.CC(C)c1ccc2c(c1)CC[C@H]1[C@@](C)(C(=O)[O-])CCC[C@]21C.[Zn+2]. The number of hydrogen-bond donors (Lipinski definition) is 0. The third kappa shape index (κ3) is 5.98. The molecule has 2 aromatic rings. The number of carbonyl (C=O) groups is 2. The van der Waals surface area contributed by atoms with Crippen molar-refractivity contribution in [3.8, 4) is 0 Å². The third-order valence-corrected chi connectivity index (χ3v) is 13.0. The molecule has 0 spiro atoms. The average molecular weight is 664 g/mol. The van der Waals surface area contributed by atoms with Gasteiger partial charge in [0.15, 0.2) is 0 Å². The molecule has 240 valence electrons. The summed E-state index contributed by atoms with van der Waals surface area (Å²) in [6, 6.07) is 13.7. The monoisotopic (exact) mass is 662 g/mol. The molecule has 2 saturated carbocycles. The van der Waals surface area contributed by atoms with E-state index < -0.39 is 22.8 Å². The van der Waals surface area contributed by atoms with E-state index in [0.29, 0.717) is 11.8 Å². The molecule has 4 nitrogen and oxygen atoms in total. The molecular formula is C40H54O4Zn. The van der Waals surface area contributed by atoms with Gasteiger partial charge in [0.25, 0.3) is 0 Å². The second-order valence-corrected chi connectivity index (χ2v) is 16.3. The van der Waals surface area contributed by atoms with Gasteiger partial charge in [-0.05, 0) is 119 Å². The largest absolute Gasteiger partial charge is 2.00 e. The molecule has 5 heteroatoms. The normalized spacial score (nSPS) is 33.4. The van der Waals surface area contributed by atoms with Crippen molar-refractivity contribution in [2.45, 2.75) is 142 Å². The standard InChI is InChI=1S/2C20H28O2.Zn/c2*1-13(2)14-6-8-16-15(12-14)7-9-17-19(16,3)10-5-11-20(17,4)18(21)22;/h2*6,8,12-13,17H,5,7,9-11H2,1-4H3,(H,21,22);/q;;+2/p-2/t2*17-,19-,20+;/m11./s1. The molecule has 2 aromatic carbocycles. The first-order chi connectivity index (χ1) is 20.6. The topological polar surface area (TPSA) is 80.3 Å². The van der Waals surface area contributed by atoms with E-state index in [2.05, 4.69) is 77.9 Å². The fourth-order valence-electron chi connectivity index (χ4n) is 10.2. The molecule has 0 aliphatic heterocycles. The van der Waals surface area contributed by atoms with Gasteiger partial charge >= 0.3 is 19.5 Å². The number of hydrogen-bond acceptors (Lipinski definition) is 4. The van der Waals surface area contributed by atoms with Gasteiger partial charge in [0.1, 0.15) is 0 Å². The zero-order valence-corrected chi connectivity index (χ0v) is 32.2. The Morgan fingerprint density at radius 1 is 0.644 bits per heavy atom. The molecule has 45 heavy (non-hydrogen) atoms. The van der Waals surface area contributed by atoms with Crippen LogP contribution < -0.4 is 10.2 Å². The number of carbonyl (C=O) groups excluding carboxylic acids is 2. The molecule has 0 N–H and O–H groups in total. The fraction of sp³-hybridized carbons (Fsp3) is 0.650. The van der Waals surface area contributed by atoms with Crippen molar-refractivity contribution >= 4 is 11.9 Å². The van der Waals surface area contributed by atoms with Gasteiger partial charge in [0, 0.05) is 22.8 Å². The van der Waals surface area contributed by atoms with Crippen LogP contribution in [0, 0.1) is 22.7 Å². The van der Waals surface area contributed by atoms with E-state index >= 15 is 0 Å². The average Bonchev–Trinajstić information content (AvgIpc) is 2.96. The van der Waals surface area contributed by atoms with Crippen LogP contribution in [0.1, 0.15) is 152 Å². The maximum absolute atomic E-state index is 11.8. The summed E-state index contributed by atoms with van der Waals surface area (Å²) in [6.07, 6.45) is 9.59. The van der Waals surface area contributed by atoms with Crippen LogP contribution in [0.5, 0.6) is 0 Å². The number of fused-ring (bicyclic) bond motifs is 6.